The number of phosphoric ester groups is 1. The Balaban J connectivity index is 4.97. The van der Waals surface area contributed by atoms with E-state index < -0.39 is 20.0 Å². The fourth-order valence-electron chi connectivity index (χ4n) is 10.1. The summed E-state index contributed by atoms with van der Waals surface area (Å²) in [5.41, 5.74) is 0. The maximum atomic E-state index is 13.6. The summed E-state index contributed by atoms with van der Waals surface area (Å²) in [4.78, 5) is 37.8. The van der Waals surface area contributed by atoms with E-state index in [0.29, 0.717) is 23.9 Å². The third-order valence-corrected chi connectivity index (χ3v) is 16.5. The molecule has 0 aliphatic heterocycles. The summed E-state index contributed by atoms with van der Waals surface area (Å²) in [7, 11) is 1.50. The molecule has 10 heteroatoms. The highest BCUT2D eigenvalue weighted by atomic mass is 31.2. The molecule has 3 unspecified atom stereocenters. The van der Waals surface area contributed by atoms with E-state index in [-0.39, 0.29) is 25.1 Å². The number of carbonyl (C=O) groups is 2. The summed E-state index contributed by atoms with van der Waals surface area (Å²) >= 11 is 0. The van der Waals surface area contributed by atoms with Gasteiger partial charge in [0.15, 0.2) is 0 Å². The van der Waals surface area contributed by atoms with Crippen LogP contribution in [0.4, 0.5) is 0 Å². The minimum atomic E-state index is -4.45. The van der Waals surface area contributed by atoms with Crippen molar-refractivity contribution in [1.82, 2.24) is 5.32 Å². The minimum Gasteiger partial charge on any atom is -0.456 e. The maximum Gasteiger partial charge on any atom is 0.472 e. The zero-order valence-corrected chi connectivity index (χ0v) is 54.7. The van der Waals surface area contributed by atoms with Gasteiger partial charge in [-0.2, -0.15) is 0 Å². The van der Waals surface area contributed by atoms with Crippen LogP contribution >= 0.6 is 7.82 Å². The second kappa shape index (κ2) is 60.1. The van der Waals surface area contributed by atoms with Gasteiger partial charge in [0.2, 0.25) is 5.91 Å². The van der Waals surface area contributed by atoms with Crippen LogP contribution in [0.3, 0.4) is 0 Å². The van der Waals surface area contributed by atoms with E-state index in [2.05, 4.69) is 62.5 Å². The lowest BCUT2D eigenvalue weighted by atomic mass is 10.0. The molecule has 0 aromatic carbocycles. The van der Waals surface area contributed by atoms with Gasteiger partial charge >= 0.3 is 13.8 Å². The van der Waals surface area contributed by atoms with Crippen molar-refractivity contribution < 1.29 is 37.3 Å². The second-order valence-electron chi connectivity index (χ2n) is 24.7. The van der Waals surface area contributed by atoms with Crippen LogP contribution in [0.2, 0.25) is 0 Å². The highest BCUT2D eigenvalue weighted by Gasteiger charge is 2.30. The molecule has 9 nitrogen and oxygen atoms in total. The molecule has 80 heavy (non-hydrogen) atoms. The molecular formula is C70H134N2O7P+. The van der Waals surface area contributed by atoms with Gasteiger partial charge in [0.1, 0.15) is 19.3 Å². The maximum absolute atomic E-state index is 13.6. The van der Waals surface area contributed by atoms with Gasteiger partial charge in [-0.1, -0.05) is 282 Å². The molecule has 1 amide bonds. The number of likely N-dealkylation sites (N-methyl/N-ethyl adjacent to an activating group) is 1. The molecule has 0 bridgehead atoms. The number of quaternary nitrogens is 1. The van der Waals surface area contributed by atoms with Crippen LogP contribution in [0.5, 0.6) is 0 Å². The number of esters is 1. The molecule has 0 aromatic rings. The number of unbranched alkanes of at least 4 members (excludes halogenated alkanes) is 41. The van der Waals surface area contributed by atoms with Crippen molar-refractivity contribution in [2.45, 2.75) is 348 Å². The van der Waals surface area contributed by atoms with Crippen LogP contribution in [0.15, 0.2) is 48.6 Å². The number of allylic oxidation sites excluding steroid dienone is 7. The minimum absolute atomic E-state index is 0.0401. The first kappa shape index (κ1) is 78.0. The normalized spacial score (nSPS) is 13.8. The molecule has 0 heterocycles. The topological polar surface area (TPSA) is 111 Å². The molecule has 3 atom stereocenters. The van der Waals surface area contributed by atoms with E-state index >= 15 is 0 Å². The van der Waals surface area contributed by atoms with E-state index in [4.69, 9.17) is 13.8 Å². The molecule has 0 saturated carbocycles. The number of carbonyl (C=O) groups excluding carboxylic acids is 2. The Labute approximate surface area is 497 Å². The van der Waals surface area contributed by atoms with Gasteiger partial charge < -0.3 is 19.4 Å². The number of nitrogens with one attached hydrogen (secondary N) is 1. The lowest BCUT2D eigenvalue weighted by Gasteiger charge is -2.27. The van der Waals surface area contributed by atoms with Crippen molar-refractivity contribution in [3.05, 3.63) is 48.6 Å². The van der Waals surface area contributed by atoms with Crippen molar-refractivity contribution in [2.75, 3.05) is 40.9 Å². The summed E-state index contributed by atoms with van der Waals surface area (Å²) in [6.45, 7) is 7.01. The fourth-order valence-corrected chi connectivity index (χ4v) is 10.9. The molecule has 0 rings (SSSR count). The van der Waals surface area contributed by atoms with Crippen LogP contribution in [0.25, 0.3) is 0 Å². The number of phosphoric acid groups is 1. The Kier molecular flexibility index (Phi) is 58.6. The number of rotatable bonds is 63. The SMILES string of the molecule is CCCCC/C=C\C/C=C\CCCCCCCCCCCCCCCCCCCC(=O)OC(/C=C\CCCCCCCCCCC)C(COP(=O)(O)OCC[N+](C)(C)C)NC(=O)CCCCCCC/C=C/CCCCCCCCC. The highest BCUT2D eigenvalue weighted by Crippen LogP contribution is 2.43. The number of ether oxygens (including phenoxy) is 1. The molecule has 0 saturated heterocycles. The van der Waals surface area contributed by atoms with E-state index in [0.717, 1.165) is 83.5 Å². The number of hydrogen-bond acceptors (Lipinski definition) is 6. The molecule has 470 valence electrons. The molecule has 0 spiro atoms. The molecule has 0 aliphatic carbocycles. The van der Waals surface area contributed by atoms with Crippen molar-refractivity contribution in [2.24, 2.45) is 0 Å². The van der Waals surface area contributed by atoms with Gasteiger partial charge in [0.25, 0.3) is 0 Å². The van der Waals surface area contributed by atoms with Crippen LogP contribution in [-0.4, -0.2) is 74.3 Å². The summed E-state index contributed by atoms with van der Waals surface area (Å²) in [5.74, 6) is -0.502. The largest absolute Gasteiger partial charge is 0.472 e. The first-order valence-electron chi connectivity index (χ1n) is 34.5. The lowest BCUT2D eigenvalue weighted by molar-refractivity contribution is -0.870. The molecule has 0 fully saturated rings. The average molecular weight is 1150 g/mol. The Morgan fingerprint density at radius 2 is 0.762 bits per heavy atom. The van der Waals surface area contributed by atoms with Crippen molar-refractivity contribution >= 4 is 19.7 Å². The van der Waals surface area contributed by atoms with E-state index in [1.54, 1.807) is 0 Å². The molecule has 0 aromatic heterocycles. The van der Waals surface area contributed by atoms with E-state index in [1.807, 2.05) is 33.3 Å². The summed E-state index contributed by atoms with van der Waals surface area (Å²) in [5, 5.41) is 3.06. The Hall–Kier alpha value is -2.03. The predicted octanol–water partition coefficient (Wildman–Crippen LogP) is 21.6. The monoisotopic (exact) mass is 1150 g/mol. The predicted molar refractivity (Wildman–Crippen MR) is 346 cm³/mol. The summed E-state index contributed by atoms with van der Waals surface area (Å²) in [6, 6.07) is -0.850. The second-order valence-corrected chi connectivity index (χ2v) is 26.1. The Morgan fingerprint density at radius 1 is 0.438 bits per heavy atom. The number of nitrogens with zero attached hydrogens (tertiary/aromatic N) is 1. The number of hydrogen-bond donors (Lipinski definition) is 2. The smallest absolute Gasteiger partial charge is 0.456 e. The Bertz CT molecular complexity index is 1510. The molecule has 0 radical (unpaired) electrons. The first-order valence-corrected chi connectivity index (χ1v) is 36.0. The van der Waals surface area contributed by atoms with Crippen LogP contribution in [0.1, 0.15) is 335 Å². The third-order valence-electron chi connectivity index (χ3n) is 15.5. The fraction of sp³-hybridized carbons (Fsp3) is 0.857. The molecular weight excluding hydrogens is 1010 g/mol. The van der Waals surface area contributed by atoms with Gasteiger partial charge in [-0.05, 0) is 89.5 Å². The third kappa shape index (κ3) is 60.6. The molecule has 2 N–H and O–H groups in total. The zero-order valence-electron chi connectivity index (χ0n) is 53.8. The van der Waals surface area contributed by atoms with Crippen molar-refractivity contribution in [3.63, 3.8) is 0 Å². The van der Waals surface area contributed by atoms with Crippen LogP contribution < -0.4 is 5.32 Å². The lowest BCUT2D eigenvalue weighted by Crippen LogP contribution is -2.47. The van der Waals surface area contributed by atoms with Crippen molar-refractivity contribution in [3.8, 4) is 0 Å². The van der Waals surface area contributed by atoms with E-state index in [1.165, 1.54) is 218 Å². The highest BCUT2D eigenvalue weighted by molar-refractivity contribution is 7.47. The summed E-state index contributed by atoms with van der Waals surface area (Å²) in [6.07, 6.45) is 75.6. The quantitative estimate of drug-likeness (QED) is 0.0205. The van der Waals surface area contributed by atoms with E-state index in [9.17, 15) is 19.0 Å². The Morgan fingerprint density at radius 3 is 1.16 bits per heavy atom. The number of amides is 1. The van der Waals surface area contributed by atoms with Gasteiger partial charge in [-0.3, -0.25) is 18.6 Å². The van der Waals surface area contributed by atoms with Crippen LogP contribution in [0, 0.1) is 0 Å². The average Bonchev–Trinajstić information content (AvgIpc) is 3.43. The van der Waals surface area contributed by atoms with Gasteiger partial charge in [-0.25, -0.2) is 4.57 Å². The van der Waals surface area contributed by atoms with Crippen LogP contribution in [-0.2, 0) is 27.9 Å². The standard InChI is InChI=1S/C70H133N2O7P/c1-7-10-13-16-19-22-25-27-29-31-32-33-34-35-36-37-38-39-40-41-43-45-48-51-54-57-60-63-70(74)79-68(61-58-55-52-49-46-24-21-18-15-12-9-3)67(66-78-80(75,76)77-65-64-72(4,5)6)71-69(73)62-59-56-53-50-47-44-42-30-28-26-23-20-17-14-11-8-2/h19,22,27,29-30,42,58,61,67-68H,7-18,20-21,23-26,28,31-41,43-57,59-60,62-66H2,1-6H3,(H-,71,73,75,76)/p+1/b22-19-,29-27-,42-30+,61-58-. The summed E-state index contributed by atoms with van der Waals surface area (Å²) < 4.78 is 30.8. The van der Waals surface area contributed by atoms with Gasteiger partial charge in [-0.15, -0.1) is 0 Å². The van der Waals surface area contributed by atoms with Crippen molar-refractivity contribution in [1.29, 1.82) is 0 Å². The zero-order chi connectivity index (χ0) is 58.6. The molecule has 0 aliphatic rings. The van der Waals surface area contributed by atoms with Gasteiger partial charge in [0, 0.05) is 12.8 Å². The van der Waals surface area contributed by atoms with Gasteiger partial charge in [0.05, 0.1) is 33.8 Å². The first-order chi connectivity index (χ1) is 38.9.